The molecule has 0 saturated heterocycles. The highest BCUT2D eigenvalue weighted by atomic mass is 14.2. The van der Waals surface area contributed by atoms with Gasteiger partial charge in [0.1, 0.15) is 0 Å². The second-order valence-corrected chi connectivity index (χ2v) is 5.80. The molecular formula is C14H28. The maximum atomic E-state index is 2.44. The lowest BCUT2D eigenvalue weighted by Crippen LogP contribution is -2.01. The molecule has 0 aromatic rings. The third kappa shape index (κ3) is 5.02. The third-order valence-electron chi connectivity index (χ3n) is 3.78. The van der Waals surface area contributed by atoms with E-state index < -0.39 is 0 Å². The van der Waals surface area contributed by atoms with Gasteiger partial charge >= 0.3 is 0 Å². The second-order valence-electron chi connectivity index (χ2n) is 5.80. The van der Waals surface area contributed by atoms with Crippen LogP contribution in [0.2, 0.25) is 0 Å². The number of rotatable bonds is 6. The molecule has 14 heavy (non-hydrogen) atoms. The van der Waals surface area contributed by atoms with Crippen LogP contribution in [-0.4, -0.2) is 0 Å². The lowest BCUT2D eigenvalue weighted by molar-refractivity contribution is 0.375. The molecule has 1 aliphatic carbocycles. The van der Waals surface area contributed by atoms with E-state index in [-0.39, 0.29) is 0 Å². The van der Waals surface area contributed by atoms with Crippen LogP contribution in [0.5, 0.6) is 0 Å². The molecule has 0 spiro atoms. The zero-order chi connectivity index (χ0) is 10.4. The van der Waals surface area contributed by atoms with E-state index >= 15 is 0 Å². The minimum absolute atomic E-state index is 0.893. The summed E-state index contributed by atoms with van der Waals surface area (Å²) in [5, 5.41) is 0. The van der Waals surface area contributed by atoms with Gasteiger partial charge in [-0.1, -0.05) is 72.1 Å². The Hall–Kier alpha value is 0. The molecule has 0 heteroatoms. The van der Waals surface area contributed by atoms with E-state index in [1.807, 2.05) is 0 Å². The van der Waals surface area contributed by atoms with Crippen molar-refractivity contribution in [1.29, 1.82) is 0 Å². The van der Waals surface area contributed by atoms with Gasteiger partial charge in [0.05, 0.1) is 0 Å². The fourth-order valence-corrected chi connectivity index (χ4v) is 2.58. The zero-order valence-corrected chi connectivity index (χ0v) is 10.4. The smallest absolute Gasteiger partial charge is 0.0414 e. The summed E-state index contributed by atoms with van der Waals surface area (Å²) in [6.45, 7) is 7.12. The topological polar surface area (TPSA) is 0 Å². The van der Waals surface area contributed by atoms with E-state index in [9.17, 15) is 0 Å². The quantitative estimate of drug-likeness (QED) is 0.559. The summed E-state index contributed by atoms with van der Waals surface area (Å²) in [5.74, 6) is 2.96. The predicted octanol–water partition coefficient (Wildman–Crippen LogP) is 5.03. The van der Waals surface area contributed by atoms with Gasteiger partial charge in [-0.25, -0.2) is 0 Å². The molecule has 1 fully saturated rings. The molecule has 0 nitrogen and oxygen atoms in total. The summed E-state index contributed by atoms with van der Waals surface area (Å²) in [6.07, 6.45) is 11.9. The Kier molecular flexibility index (Phi) is 5.59. The van der Waals surface area contributed by atoms with Gasteiger partial charge in [-0.3, -0.25) is 0 Å². The molecule has 0 aliphatic heterocycles. The van der Waals surface area contributed by atoms with Gasteiger partial charge < -0.3 is 0 Å². The van der Waals surface area contributed by atoms with Crippen molar-refractivity contribution >= 4 is 0 Å². The van der Waals surface area contributed by atoms with E-state index in [0.29, 0.717) is 0 Å². The van der Waals surface area contributed by atoms with Crippen molar-refractivity contribution in [3.8, 4) is 0 Å². The van der Waals surface area contributed by atoms with Crippen LogP contribution in [0.15, 0.2) is 0 Å². The van der Waals surface area contributed by atoms with Crippen molar-refractivity contribution in [2.45, 2.75) is 72.1 Å². The third-order valence-corrected chi connectivity index (χ3v) is 3.78. The first-order chi connectivity index (χ1) is 6.68. The van der Waals surface area contributed by atoms with E-state index in [2.05, 4.69) is 20.8 Å². The predicted molar refractivity (Wildman–Crippen MR) is 64.4 cm³/mol. The summed E-state index contributed by atoms with van der Waals surface area (Å²) in [7, 11) is 0. The largest absolute Gasteiger partial charge is 0.0628 e. The Morgan fingerprint density at radius 2 is 1.57 bits per heavy atom. The molecule has 0 aromatic heterocycles. The molecule has 0 heterocycles. The molecule has 0 N–H and O–H groups in total. The Balaban J connectivity index is 1.99. The normalized spacial score (nSPS) is 20.6. The van der Waals surface area contributed by atoms with Crippen LogP contribution in [0, 0.1) is 17.8 Å². The highest BCUT2D eigenvalue weighted by Gasteiger charge is 2.15. The summed E-state index contributed by atoms with van der Waals surface area (Å²) < 4.78 is 0. The molecule has 1 atom stereocenters. The molecule has 0 radical (unpaired) electrons. The molecule has 1 saturated carbocycles. The minimum Gasteiger partial charge on any atom is -0.0628 e. The summed E-state index contributed by atoms with van der Waals surface area (Å²) in [5.41, 5.74) is 0. The molecule has 1 aliphatic rings. The second kappa shape index (κ2) is 6.48. The maximum Gasteiger partial charge on any atom is -0.0414 e. The van der Waals surface area contributed by atoms with E-state index in [0.717, 1.165) is 17.8 Å². The summed E-state index contributed by atoms with van der Waals surface area (Å²) in [4.78, 5) is 0. The Bertz CT molecular complexity index is 131. The lowest BCUT2D eigenvalue weighted by Gasteiger charge is -2.15. The van der Waals surface area contributed by atoms with Gasteiger partial charge in [0, 0.05) is 0 Å². The Morgan fingerprint density at radius 1 is 0.929 bits per heavy atom. The lowest BCUT2D eigenvalue weighted by atomic mass is 9.91. The van der Waals surface area contributed by atoms with E-state index in [1.54, 1.807) is 0 Å². The fraction of sp³-hybridized carbons (Fsp3) is 1.00. The first-order valence-electron chi connectivity index (χ1n) is 6.68. The average molecular weight is 196 g/mol. The molecule has 1 rings (SSSR count). The van der Waals surface area contributed by atoms with Gasteiger partial charge in [0.25, 0.3) is 0 Å². The molecular weight excluding hydrogens is 168 g/mol. The van der Waals surface area contributed by atoms with Crippen molar-refractivity contribution in [3.05, 3.63) is 0 Å². The molecule has 0 bridgehead atoms. The standard InChI is InChI=1S/C14H28/c1-12(2)8-9-13(3)10-11-14-6-4-5-7-14/h12-14H,4-11H2,1-3H3. The van der Waals surface area contributed by atoms with Crippen molar-refractivity contribution in [1.82, 2.24) is 0 Å². The highest BCUT2D eigenvalue weighted by Crippen LogP contribution is 2.30. The van der Waals surface area contributed by atoms with E-state index in [4.69, 9.17) is 0 Å². The van der Waals surface area contributed by atoms with Crippen LogP contribution < -0.4 is 0 Å². The summed E-state index contributed by atoms with van der Waals surface area (Å²) in [6, 6.07) is 0. The number of hydrogen-bond donors (Lipinski definition) is 0. The van der Waals surface area contributed by atoms with Crippen LogP contribution in [0.1, 0.15) is 72.1 Å². The van der Waals surface area contributed by atoms with Gasteiger partial charge in [-0.05, 0) is 17.8 Å². The van der Waals surface area contributed by atoms with Crippen molar-refractivity contribution in [2.75, 3.05) is 0 Å². The average Bonchev–Trinajstić information content (AvgIpc) is 2.63. The van der Waals surface area contributed by atoms with Crippen LogP contribution in [0.4, 0.5) is 0 Å². The van der Waals surface area contributed by atoms with Gasteiger partial charge in [0.15, 0.2) is 0 Å². The van der Waals surface area contributed by atoms with Crippen LogP contribution in [0.25, 0.3) is 0 Å². The Morgan fingerprint density at radius 3 is 2.14 bits per heavy atom. The van der Waals surface area contributed by atoms with Crippen LogP contribution >= 0.6 is 0 Å². The first kappa shape index (κ1) is 12.1. The molecule has 84 valence electrons. The van der Waals surface area contributed by atoms with Crippen molar-refractivity contribution in [3.63, 3.8) is 0 Å². The molecule has 1 unspecified atom stereocenters. The summed E-state index contributed by atoms with van der Waals surface area (Å²) >= 11 is 0. The maximum absolute atomic E-state index is 2.44. The first-order valence-corrected chi connectivity index (χ1v) is 6.68. The minimum atomic E-state index is 0.893. The van der Waals surface area contributed by atoms with Gasteiger partial charge in [-0.15, -0.1) is 0 Å². The van der Waals surface area contributed by atoms with Crippen LogP contribution in [0.3, 0.4) is 0 Å². The van der Waals surface area contributed by atoms with Gasteiger partial charge in [0.2, 0.25) is 0 Å². The molecule has 0 aromatic carbocycles. The highest BCUT2D eigenvalue weighted by molar-refractivity contribution is 4.68. The SMILES string of the molecule is CC(C)CCC(C)CCC1CCCC1. The Labute approximate surface area is 90.5 Å². The van der Waals surface area contributed by atoms with Crippen LogP contribution in [-0.2, 0) is 0 Å². The fourth-order valence-electron chi connectivity index (χ4n) is 2.58. The van der Waals surface area contributed by atoms with E-state index in [1.165, 1.54) is 51.4 Å². The van der Waals surface area contributed by atoms with Crippen molar-refractivity contribution < 1.29 is 0 Å². The number of hydrogen-bond acceptors (Lipinski definition) is 0. The monoisotopic (exact) mass is 196 g/mol. The molecule has 0 amide bonds. The van der Waals surface area contributed by atoms with Crippen molar-refractivity contribution in [2.24, 2.45) is 17.8 Å². The van der Waals surface area contributed by atoms with Gasteiger partial charge in [-0.2, -0.15) is 0 Å². The zero-order valence-electron chi connectivity index (χ0n) is 10.4.